The van der Waals surface area contributed by atoms with E-state index in [1.165, 1.54) is 16.7 Å². The van der Waals surface area contributed by atoms with E-state index in [-0.39, 0.29) is 5.91 Å². The maximum Gasteiger partial charge on any atom is 0.254 e. The van der Waals surface area contributed by atoms with Crippen molar-refractivity contribution in [2.75, 3.05) is 13.7 Å². The Morgan fingerprint density at radius 2 is 1.89 bits per heavy atom. The fourth-order valence-electron chi connectivity index (χ4n) is 3.20. The van der Waals surface area contributed by atoms with E-state index in [9.17, 15) is 4.79 Å². The first-order chi connectivity index (χ1) is 13.5. The van der Waals surface area contributed by atoms with Crippen molar-refractivity contribution < 1.29 is 9.53 Å². The molecule has 0 fully saturated rings. The van der Waals surface area contributed by atoms with Gasteiger partial charge in [0.25, 0.3) is 5.91 Å². The molecule has 1 amide bonds. The first-order valence-corrected chi connectivity index (χ1v) is 9.51. The molecule has 146 valence electrons. The quantitative estimate of drug-likeness (QED) is 0.619. The number of ether oxygens (including phenoxy) is 1. The van der Waals surface area contributed by atoms with Crippen LogP contribution >= 0.6 is 0 Å². The second-order valence-electron chi connectivity index (χ2n) is 6.95. The van der Waals surface area contributed by atoms with E-state index in [4.69, 9.17) is 4.74 Å². The predicted octanol–water partition coefficient (Wildman–Crippen LogP) is 4.22. The highest BCUT2D eigenvalue weighted by molar-refractivity contribution is 5.94. The van der Waals surface area contributed by atoms with E-state index in [0.717, 1.165) is 18.1 Å². The zero-order valence-electron chi connectivity index (χ0n) is 17.0. The number of aromatic nitrogens is 2. The van der Waals surface area contributed by atoms with Crippen LogP contribution in [0, 0.1) is 13.8 Å². The van der Waals surface area contributed by atoms with E-state index in [1.807, 2.05) is 30.2 Å². The lowest BCUT2D eigenvalue weighted by atomic mass is 10.1. The first kappa shape index (κ1) is 19.7. The van der Waals surface area contributed by atoms with Crippen LogP contribution < -0.4 is 4.74 Å². The van der Waals surface area contributed by atoms with Gasteiger partial charge in [0.1, 0.15) is 11.6 Å². The Morgan fingerprint density at radius 3 is 2.57 bits per heavy atom. The van der Waals surface area contributed by atoms with Gasteiger partial charge in [0.2, 0.25) is 0 Å². The van der Waals surface area contributed by atoms with Crippen molar-refractivity contribution in [3.8, 4) is 5.75 Å². The van der Waals surface area contributed by atoms with E-state index in [0.29, 0.717) is 18.7 Å². The van der Waals surface area contributed by atoms with Crippen LogP contribution in [0.5, 0.6) is 5.75 Å². The fraction of sp³-hybridized carbons (Fsp3) is 0.304. The number of benzene rings is 2. The summed E-state index contributed by atoms with van der Waals surface area (Å²) < 4.78 is 7.29. The zero-order chi connectivity index (χ0) is 20.1. The highest BCUT2D eigenvalue weighted by atomic mass is 16.5. The number of hydrogen-bond donors (Lipinski definition) is 0. The molecule has 28 heavy (non-hydrogen) atoms. The van der Waals surface area contributed by atoms with Crippen LogP contribution in [0.4, 0.5) is 0 Å². The average Bonchev–Trinajstić information content (AvgIpc) is 3.15. The van der Waals surface area contributed by atoms with Gasteiger partial charge in [-0.2, -0.15) is 0 Å². The third-order valence-corrected chi connectivity index (χ3v) is 4.99. The molecule has 1 heterocycles. The minimum atomic E-state index is -0.00793. The molecule has 0 spiro atoms. The van der Waals surface area contributed by atoms with Gasteiger partial charge in [-0.05, 0) is 56.2 Å². The monoisotopic (exact) mass is 377 g/mol. The number of hydrogen-bond acceptors (Lipinski definition) is 3. The molecule has 5 heteroatoms. The van der Waals surface area contributed by atoms with Gasteiger partial charge in [-0.1, -0.05) is 23.8 Å². The van der Waals surface area contributed by atoms with Crippen molar-refractivity contribution in [2.24, 2.45) is 0 Å². The molecular weight excluding hydrogens is 350 g/mol. The van der Waals surface area contributed by atoms with Gasteiger partial charge in [0.05, 0.1) is 13.7 Å². The number of carbonyl (C=O) groups is 1. The minimum Gasteiger partial charge on any atom is -0.497 e. The van der Waals surface area contributed by atoms with Crippen molar-refractivity contribution in [1.29, 1.82) is 0 Å². The van der Waals surface area contributed by atoms with Crippen LogP contribution in [0.15, 0.2) is 54.9 Å². The van der Waals surface area contributed by atoms with Crippen molar-refractivity contribution in [3.63, 3.8) is 0 Å². The molecule has 5 nitrogen and oxygen atoms in total. The Morgan fingerprint density at radius 1 is 1.14 bits per heavy atom. The molecule has 0 unspecified atom stereocenters. The van der Waals surface area contributed by atoms with Crippen LogP contribution in [0.2, 0.25) is 0 Å². The predicted molar refractivity (Wildman–Crippen MR) is 111 cm³/mol. The summed E-state index contributed by atoms with van der Waals surface area (Å²) in [6.07, 6.45) is 3.77. The SMILES string of the molecule is CCN(Cc1nccn1Cc1cc(C)ccc1C)C(=O)c1ccc(OC)cc1. The van der Waals surface area contributed by atoms with Gasteiger partial charge >= 0.3 is 0 Å². The molecule has 0 aliphatic heterocycles. The number of methoxy groups -OCH3 is 1. The van der Waals surface area contributed by atoms with Crippen molar-refractivity contribution in [1.82, 2.24) is 14.5 Å². The third-order valence-electron chi connectivity index (χ3n) is 4.99. The number of nitrogens with zero attached hydrogens (tertiary/aromatic N) is 3. The highest BCUT2D eigenvalue weighted by Crippen LogP contribution is 2.16. The number of aryl methyl sites for hydroxylation is 2. The van der Waals surface area contributed by atoms with E-state index < -0.39 is 0 Å². The summed E-state index contributed by atoms with van der Waals surface area (Å²) in [6.45, 7) is 8.04. The summed E-state index contributed by atoms with van der Waals surface area (Å²) in [5.41, 5.74) is 4.41. The number of amides is 1. The number of carbonyl (C=O) groups excluding carboxylic acids is 1. The van der Waals surface area contributed by atoms with Gasteiger partial charge in [-0.25, -0.2) is 4.98 Å². The zero-order valence-corrected chi connectivity index (χ0v) is 17.0. The Balaban J connectivity index is 1.77. The Labute approximate surface area is 166 Å². The second-order valence-corrected chi connectivity index (χ2v) is 6.95. The van der Waals surface area contributed by atoms with E-state index in [1.54, 1.807) is 25.4 Å². The van der Waals surface area contributed by atoms with E-state index >= 15 is 0 Å². The average molecular weight is 377 g/mol. The number of imidazole rings is 1. The molecule has 0 radical (unpaired) electrons. The molecule has 3 rings (SSSR count). The van der Waals surface area contributed by atoms with Gasteiger partial charge in [0, 0.05) is 31.0 Å². The molecule has 0 aliphatic carbocycles. The highest BCUT2D eigenvalue weighted by Gasteiger charge is 2.17. The van der Waals surface area contributed by atoms with Crippen LogP contribution in [-0.2, 0) is 13.1 Å². The lowest BCUT2D eigenvalue weighted by molar-refractivity contribution is 0.0747. The normalized spacial score (nSPS) is 10.7. The molecule has 3 aromatic rings. The Hall–Kier alpha value is -3.08. The third kappa shape index (κ3) is 4.42. The lowest BCUT2D eigenvalue weighted by Crippen LogP contribution is -2.31. The van der Waals surface area contributed by atoms with Gasteiger partial charge in [0.15, 0.2) is 0 Å². The van der Waals surface area contributed by atoms with Crippen LogP contribution in [0.3, 0.4) is 0 Å². The molecule has 0 saturated heterocycles. The van der Waals surface area contributed by atoms with Crippen molar-refractivity contribution in [3.05, 3.63) is 82.9 Å². The molecule has 0 bridgehead atoms. The molecule has 0 saturated carbocycles. The van der Waals surface area contributed by atoms with Crippen LogP contribution in [0.1, 0.15) is 39.8 Å². The van der Waals surface area contributed by atoms with E-state index in [2.05, 4.69) is 41.6 Å². The van der Waals surface area contributed by atoms with Crippen molar-refractivity contribution in [2.45, 2.75) is 33.9 Å². The Kier molecular flexibility index (Phi) is 6.14. The largest absolute Gasteiger partial charge is 0.497 e. The van der Waals surface area contributed by atoms with Gasteiger partial charge in [-0.15, -0.1) is 0 Å². The van der Waals surface area contributed by atoms with Crippen LogP contribution in [-0.4, -0.2) is 34.0 Å². The van der Waals surface area contributed by atoms with Gasteiger partial charge < -0.3 is 14.2 Å². The number of rotatable bonds is 7. The molecule has 1 aromatic heterocycles. The standard InChI is InChI=1S/C23H27N3O2/c1-5-25(23(27)19-8-10-21(28-4)11-9-19)16-22-24-12-13-26(22)15-20-14-17(2)6-7-18(20)3/h6-14H,5,15-16H2,1-4H3. The summed E-state index contributed by atoms with van der Waals surface area (Å²) in [7, 11) is 1.62. The summed E-state index contributed by atoms with van der Waals surface area (Å²) in [6, 6.07) is 13.7. The summed E-state index contributed by atoms with van der Waals surface area (Å²) in [5, 5.41) is 0. The molecule has 0 N–H and O–H groups in total. The first-order valence-electron chi connectivity index (χ1n) is 9.51. The van der Waals surface area contributed by atoms with Crippen molar-refractivity contribution >= 4 is 5.91 Å². The molecule has 0 aliphatic rings. The van der Waals surface area contributed by atoms with Crippen LogP contribution in [0.25, 0.3) is 0 Å². The smallest absolute Gasteiger partial charge is 0.254 e. The minimum absolute atomic E-state index is 0.00793. The second kappa shape index (κ2) is 8.74. The maximum atomic E-state index is 12.9. The summed E-state index contributed by atoms with van der Waals surface area (Å²) >= 11 is 0. The fourth-order valence-corrected chi connectivity index (χ4v) is 3.20. The molecule has 2 aromatic carbocycles. The summed E-state index contributed by atoms with van der Waals surface area (Å²) in [5.74, 6) is 1.61. The maximum absolute atomic E-state index is 12.9. The topological polar surface area (TPSA) is 47.4 Å². The Bertz CT molecular complexity index is 945. The lowest BCUT2D eigenvalue weighted by Gasteiger charge is -2.21. The molecular formula is C23H27N3O2. The van der Waals surface area contributed by atoms with Gasteiger partial charge in [-0.3, -0.25) is 4.79 Å². The molecule has 0 atom stereocenters. The summed E-state index contributed by atoms with van der Waals surface area (Å²) in [4.78, 5) is 19.2.